The summed E-state index contributed by atoms with van der Waals surface area (Å²) in [6.45, 7) is 0. The number of amidine groups is 2. The first-order valence-electron chi connectivity index (χ1n) is 6.96. The Kier molecular flexibility index (Phi) is 3.25. The zero-order chi connectivity index (χ0) is 15.9. The smallest absolute Gasteiger partial charge is 0.193 e. The number of rotatable bonds is 2. The molecule has 0 heterocycles. The van der Waals surface area contributed by atoms with Crippen LogP contribution in [0.25, 0.3) is 0 Å². The van der Waals surface area contributed by atoms with Crippen molar-refractivity contribution >= 4 is 17.5 Å². The molecule has 0 radical (unpaired) electrons. The molecule has 0 bridgehead atoms. The Bertz CT molecular complexity index is 756. The van der Waals surface area contributed by atoms with Crippen LogP contribution in [0, 0.1) is 10.8 Å². The minimum absolute atomic E-state index is 0.0578. The normalized spacial score (nSPS) is 13.0. The molecule has 0 fully saturated rings. The topological polar surface area (TPSA) is 117 Å². The maximum absolute atomic E-state index is 12.9. The quantitative estimate of drug-likeness (QED) is 0.497. The number of nitrogen functional groups attached to an aromatic ring is 2. The fourth-order valence-electron chi connectivity index (χ4n) is 2.76. The van der Waals surface area contributed by atoms with Gasteiger partial charge >= 0.3 is 0 Å². The van der Waals surface area contributed by atoms with Crippen LogP contribution in [0.15, 0.2) is 36.4 Å². The van der Waals surface area contributed by atoms with Gasteiger partial charge in [0.2, 0.25) is 0 Å². The fraction of sp³-hybridized carbons (Fsp3) is 0.118. The summed E-state index contributed by atoms with van der Waals surface area (Å²) >= 11 is 0. The van der Waals surface area contributed by atoms with Crippen molar-refractivity contribution < 1.29 is 4.79 Å². The van der Waals surface area contributed by atoms with Crippen LogP contribution in [0.5, 0.6) is 0 Å². The molecule has 0 spiro atoms. The van der Waals surface area contributed by atoms with E-state index in [4.69, 9.17) is 22.3 Å². The second kappa shape index (κ2) is 5.11. The molecule has 0 aliphatic heterocycles. The third-order valence-electron chi connectivity index (χ3n) is 3.99. The number of aryl methyl sites for hydroxylation is 2. The first kappa shape index (κ1) is 14.0. The molecule has 1 aliphatic carbocycles. The van der Waals surface area contributed by atoms with Crippen molar-refractivity contribution in [3.8, 4) is 0 Å². The van der Waals surface area contributed by atoms with Crippen molar-refractivity contribution in [1.82, 2.24) is 0 Å². The molecule has 0 unspecified atom stereocenters. The molecule has 1 aliphatic rings. The Morgan fingerprint density at radius 1 is 0.818 bits per heavy atom. The number of hydrogen-bond donors (Lipinski definition) is 4. The maximum Gasteiger partial charge on any atom is 0.193 e. The molecule has 0 atom stereocenters. The average Bonchev–Trinajstić information content (AvgIpc) is 2.64. The molecule has 3 rings (SSSR count). The standard InChI is InChI=1S/C17H16N4O/c18-16(19)11-5-3-9-1-2-10-4-6-12(17(20)21)8-14(10)15(22)13(9)7-11/h3-8H,1-2H2,(H3,18,19)(H3,20,21). The lowest BCUT2D eigenvalue weighted by atomic mass is 9.95. The van der Waals surface area contributed by atoms with Gasteiger partial charge in [-0.15, -0.1) is 0 Å². The van der Waals surface area contributed by atoms with Gasteiger partial charge in [0.05, 0.1) is 0 Å². The highest BCUT2D eigenvalue weighted by Gasteiger charge is 2.22. The third-order valence-corrected chi connectivity index (χ3v) is 3.99. The lowest BCUT2D eigenvalue weighted by molar-refractivity contribution is 0.103. The molecule has 5 nitrogen and oxygen atoms in total. The number of hydrogen-bond acceptors (Lipinski definition) is 3. The van der Waals surface area contributed by atoms with Crippen LogP contribution in [0.3, 0.4) is 0 Å². The van der Waals surface area contributed by atoms with Gasteiger partial charge in [-0.1, -0.05) is 24.3 Å². The van der Waals surface area contributed by atoms with Crippen LogP contribution in [0.2, 0.25) is 0 Å². The van der Waals surface area contributed by atoms with Crippen LogP contribution in [0.4, 0.5) is 0 Å². The van der Waals surface area contributed by atoms with Crippen molar-refractivity contribution in [2.75, 3.05) is 0 Å². The van der Waals surface area contributed by atoms with Crippen molar-refractivity contribution in [2.24, 2.45) is 11.5 Å². The van der Waals surface area contributed by atoms with Crippen LogP contribution >= 0.6 is 0 Å². The second-order valence-electron chi connectivity index (χ2n) is 5.40. The summed E-state index contributed by atoms with van der Waals surface area (Å²) in [5, 5.41) is 15.1. The summed E-state index contributed by atoms with van der Waals surface area (Å²) in [4.78, 5) is 12.9. The molecule has 5 heteroatoms. The van der Waals surface area contributed by atoms with E-state index >= 15 is 0 Å². The van der Waals surface area contributed by atoms with Crippen molar-refractivity contribution in [1.29, 1.82) is 10.8 Å². The van der Waals surface area contributed by atoms with E-state index in [0.717, 1.165) is 24.0 Å². The summed E-state index contributed by atoms with van der Waals surface area (Å²) < 4.78 is 0. The highest BCUT2D eigenvalue weighted by Crippen LogP contribution is 2.26. The van der Waals surface area contributed by atoms with Gasteiger partial charge in [-0.25, -0.2) is 0 Å². The first-order chi connectivity index (χ1) is 10.5. The molecular weight excluding hydrogens is 276 g/mol. The van der Waals surface area contributed by atoms with Crippen molar-refractivity contribution in [3.63, 3.8) is 0 Å². The molecule has 2 aromatic carbocycles. The van der Waals surface area contributed by atoms with Gasteiger partial charge in [0.15, 0.2) is 5.78 Å². The van der Waals surface area contributed by atoms with E-state index in [1.807, 2.05) is 12.1 Å². The predicted molar refractivity (Wildman–Crippen MR) is 85.8 cm³/mol. The number of benzene rings is 2. The van der Waals surface area contributed by atoms with E-state index < -0.39 is 0 Å². The molecule has 2 aromatic rings. The van der Waals surface area contributed by atoms with Gasteiger partial charge in [-0.2, -0.15) is 0 Å². The van der Waals surface area contributed by atoms with E-state index in [9.17, 15) is 4.79 Å². The third kappa shape index (κ3) is 2.26. The lowest BCUT2D eigenvalue weighted by Gasteiger charge is -2.08. The van der Waals surface area contributed by atoms with Gasteiger partial charge in [0, 0.05) is 22.3 Å². The summed E-state index contributed by atoms with van der Waals surface area (Å²) in [6, 6.07) is 10.6. The zero-order valence-electron chi connectivity index (χ0n) is 11.9. The van der Waals surface area contributed by atoms with E-state index in [1.165, 1.54) is 0 Å². The van der Waals surface area contributed by atoms with Crippen LogP contribution in [-0.4, -0.2) is 17.5 Å². The molecule has 22 heavy (non-hydrogen) atoms. The van der Waals surface area contributed by atoms with Crippen LogP contribution in [-0.2, 0) is 12.8 Å². The fourth-order valence-corrected chi connectivity index (χ4v) is 2.76. The highest BCUT2D eigenvalue weighted by molar-refractivity contribution is 6.13. The summed E-state index contributed by atoms with van der Waals surface area (Å²) in [5.74, 6) is -0.219. The van der Waals surface area contributed by atoms with E-state index in [-0.39, 0.29) is 17.5 Å². The van der Waals surface area contributed by atoms with Gasteiger partial charge in [0.1, 0.15) is 11.7 Å². The Morgan fingerprint density at radius 2 is 1.23 bits per heavy atom. The van der Waals surface area contributed by atoms with Crippen LogP contribution < -0.4 is 11.5 Å². The number of ketones is 1. The number of carbonyl (C=O) groups is 1. The zero-order valence-corrected chi connectivity index (χ0v) is 11.9. The Hall–Kier alpha value is -2.95. The summed E-state index contributed by atoms with van der Waals surface area (Å²) in [5.41, 5.74) is 15.2. The molecular formula is C17H16N4O. The number of nitrogens with one attached hydrogen (secondary N) is 2. The van der Waals surface area contributed by atoms with Gasteiger partial charge in [-0.05, 0) is 36.1 Å². The minimum Gasteiger partial charge on any atom is -0.384 e. The summed E-state index contributed by atoms with van der Waals surface area (Å²) in [6.07, 6.45) is 1.51. The van der Waals surface area contributed by atoms with E-state index in [2.05, 4.69) is 0 Å². The van der Waals surface area contributed by atoms with E-state index in [0.29, 0.717) is 22.3 Å². The molecule has 0 saturated carbocycles. The molecule has 0 aromatic heterocycles. The SMILES string of the molecule is N=C(N)c1ccc2c(c1)C(=O)c1cc(C(=N)N)ccc1CC2. The lowest BCUT2D eigenvalue weighted by Crippen LogP contribution is -2.14. The molecule has 6 N–H and O–H groups in total. The van der Waals surface area contributed by atoms with Crippen LogP contribution in [0.1, 0.15) is 38.2 Å². The number of fused-ring (bicyclic) bond motifs is 2. The Balaban J connectivity index is 2.17. The molecule has 0 amide bonds. The minimum atomic E-state index is -0.103. The average molecular weight is 292 g/mol. The predicted octanol–water partition coefficient (Wildman–Crippen LogP) is 1.58. The largest absolute Gasteiger partial charge is 0.384 e. The second-order valence-corrected chi connectivity index (χ2v) is 5.40. The monoisotopic (exact) mass is 292 g/mol. The Morgan fingerprint density at radius 3 is 1.59 bits per heavy atom. The molecule has 110 valence electrons. The van der Waals surface area contributed by atoms with Gasteiger partial charge in [0.25, 0.3) is 0 Å². The maximum atomic E-state index is 12.9. The van der Waals surface area contributed by atoms with Gasteiger partial charge < -0.3 is 11.5 Å². The van der Waals surface area contributed by atoms with E-state index in [1.54, 1.807) is 24.3 Å². The number of nitrogens with two attached hydrogens (primary N) is 2. The highest BCUT2D eigenvalue weighted by atomic mass is 16.1. The number of carbonyl (C=O) groups excluding carboxylic acids is 1. The van der Waals surface area contributed by atoms with Crippen molar-refractivity contribution in [2.45, 2.75) is 12.8 Å². The summed E-state index contributed by atoms with van der Waals surface area (Å²) in [7, 11) is 0. The Labute approximate surface area is 128 Å². The molecule has 0 saturated heterocycles. The first-order valence-corrected chi connectivity index (χ1v) is 6.96. The van der Waals surface area contributed by atoms with Gasteiger partial charge in [-0.3, -0.25) is 15.6 Å². The van der Waals surface area contributed by atoms with Crippen molar-refractivity contribution in [3.05, 3.63) is 69.8 Å².